The van der Waals surface area contributed by atoms with Crippen LogP contribution in [0.1, 0.15) is 48.0 Å². The Balaban J connectivity index is 1.59. The zero-order valence-corrected chi connectivity index (χ0v) is 13.6. The first-order valence-electron chi connectivity index (χ1n) is 8.69. The van der Waals surface area contributed by atoms with Gasteiger partial charge in [0.15, 0.2) is 0 Å². The fourth-order valence-electron chi connectivity index (χ4n) is 3.24. The van der Waals surface area contributed by atoms with Crippen molar-refractivity contribution in [2.45, 2.75) is 31.6 Å². The lowest BCUT2D eigenvalue weighted by molar-refractivity contribution is 0.0639. The molecule has 2 fully saturated rings. The van der Waals surface area contributed by atoms with E-state index in [-0.39, 0.29) is 12.5 Å². The number of hydrogen-bond donors (Lipinski definition) is 1. The summed E-state index contributed by atoms with van der Waals surface area (Å²) in [5, 5.41) is 13.8. The van der Waals surface area contributed by atoms with Crippen LogP contribution in [0.4, 0.5) is 0 Å². The summed E-state index contributed by atoms with van der Waals surface area (Å²) in [5.41, 5.74) is 0.949. The lowest BCUT2D eigenvalue weighted by atomic mass is 9.98. The van der Waals surface area contributed by atoms with Crippen LogP contribution in [0, 0.1) is 5.92 Å². The first-order chi connectivity index (χ1) is 11.8. The number of benzene rings is 1. The molecule has 0 bridgehead atoms. The fourth-order valence-corrected chi connectivity index (χ4v) is 3.24. The molecule has 0 unspecified atom stereocenters. The molecule has 2 aliphatic rings. The molecule has 1 aromatic heterocycles. The molecule has 0 atom stereocenters. The van der Waals surface area contributed by atoms with E-state index in [0.29, 0.717) is 30.7 Å². The average Bonchev–Trinajstić information content (AvgIpc) is 3.40. The van der Waals surface area contributed by atoms with Crippen molar-refractivity contribution in [3.05, 3.63) is 42.0 Å². The number of aromatic nitrogens is 3. The van der Waals surface area contributed by atoms with Crippen molar-refractivity contribution in [1.82, 2.24) is 19.7 Å². The Morgan fingerprint density at radius 2 is 1.83 bits per heavy atom. The molecule has 4 rings (SSSR count). The van der Waals surface area contributed by atoms with Gasteiger partial charge in [-0.2, -0.15) is 0 Å². The molecule has 1 aliphatic carbocycles. The van der Waals surface area contributed by atoms with Crippen molar-refractivity contribution < 1.29 is 9.90 Å². The maximum Gasteiger partial charge on any atom is 0.293 e. The second kappa shape index (κ2) is 6.36. The van der Waals surface area contributed by atoms with E-state index in [4.69, 9.17) is 0 Å². The van der Waals surface area contributed by atoms with Gasteiger partial charge >= 0.3 is 0 Å². The van der Waals surface area contributed by atoms with Gasteiger partial charge in [0.25, 0.3) is 5.91 Å². The molecule has 6 heteroatoms. The molecule has 126 valence electrons. The Bertz CT molecular complexity index is 716. The number of amides is 1. The van der Waals surface area contributed by atoms with Gasteiger partial charge in [0.05, 0.1) is 5.69 Å². The third kappa shape index (κ3) is 2.94. The molecule has 1 aliphatic heterocycles. The summed E-state index contributed by atoms with van der Waals surface area (Å²) in [6, 6.07) is 9.88. The van der Waals surface area contributed by atoms with Crippen molar-refractivity contribution in [1.29, 1.82) is 0 Å². The van der Waals surface area contributed by atoms with Crippen LogP contribution >= 0.6 is 0 Å². The van der Waals surface area contributed by atoms with Crippen molar-refractivity contribution in [2.75, 3.05) is 19.7 Å². The largest absolute Gasteiger partial charge is 0.396 e. The second-order valence-electron chi connectivity index (χ2n) is 6.73. The van der Waals surface area contributed by atoms with E-state index >= 15 is 0 Å². The standard InChI is InChI=1S/C18H22N4O2/c23-12-13-8-10-21(11-9-13)18(24)16-19-17(14-6-7-14)22(20-16)15-4-2-1-3-5-15/h1-5,13-14,23H,6-12H2. The van der Waals surface area contributed by atoms with Crippen molar-refractivity contribution in [3.63, 3.8) is 0 Å². The molecule has 1 saturated heterocycles. The maximum absolute atomic E-state index is 12.8. The van der Waals surface area contributed by atoms with Crippen LogP contribution in [0.3, 0.4) is 0 Å². The molecular weight excluding hydrogens is 304 g/mol. The highest BCUT2D eigenvalue weighted by molar-refractivity contribution is 5.90. The molecule has 6 nitrogen and oxygen atoms in total. The van der Waals surface area contributed by atoms with Crippen molar-refractivity contribution in [2.24, 2.45) is 5.92 Å². The summed E-state index contributed by atoms with van der Waals surface area (Å²) in [6.07, 6.45) is 3.91. The highest BCUT2D eigenvalue weighted by Gasteiger charge is 2.33. The highest BCUT2D eigenvalue weighted by atomic mass is 16.3. The lowest BCUT2D eigenvalue weighted by Crippen LogP contribution is -2.39. The van der Waals surface area contributed by atoms with Gasteiger partial charge in [0.1, 0.15) is 5.82 Å². The highest BCUT2D eigenvalue weighted by Crippen LogP contribution is 2.39. The van der Waals surface area contributed by atoms with Gasteiger partial charge in [-0.3, -0.25) is 4.79 Å². The summed E-state index contributed by atoms with van der Waals surface area (Å²) < 4.78 is 1.82. The first-order valence-corrected chi connectivity index (χ1v) is 8.69. The summed E-state index contributed by atoms with van der Waals surface area (Å²) in [7, 11) is 0. The van der Waals surface area contributed by atoms with Crippen LogP contribution in [0.15, 0.2) is 30.3 Å². The van der Waals surface area contributed by atoms with Gasteiger partial charge in [-0.05, 0) is 43.7 Å². The van der Waals surface area contributed by atoms with Crippen LogP contribution < -0.4 is 0 Å². The van der Waals surface area contributed by atoms with E-state index in [1.165, 1.54) is 0 Å². The van der Waals surface area contributed by atoms with E-state index in [1.807, 2.05) is 39.9 Å². The SMILES string of the molecule is O=C(c1nc(C2CC2)n(-c2ccccc2)n1)N1CCC(CO)CC1. The van der Waals surface area contributed by atoms with Gasteiger partial charge in [-0.25, -0.2) is 9.67 Å². The van der Waals surface area contributed by atoms with Gasteiger partial charge in [0.2, 0.25) is 5.82 Å². The van der Waals surface area contributed by atoms with Crippen molar-refractivity contribution >= 4 is 5.91 Å². The number of carbonyl (C=O) groups excluding carboxylic acids is 1. The van der Waals surface area contributed by atoms with Crippen molar-refractivity contribution in [3.8, 4) is 5.69 Å². The minimum absolute atomic E-state index is 0.0945. The van der Waals surface area contributed by atoms with Gasteiger partial charge in [-0.15, -0.1) is 5.10 Å². The normalized spacial score (nSPS) is 18.8. The Morgan fingerprint density at radius 3 is 2.46 bits per heavy atom. The fraction of sp³-hybridized carbons (Fsp3) is 0.500. The predicted molar refractivity (Wildman–Crippen MR) is 89.0 cm³/mol. The van der Waals surface area contributed by atoms with Crippen LogP contribution in [-0.4, -0.2) is 50.4 Å². The van der Waals surface area contributed by atoms with Crippen LogP contribution in [0.25, 0.3) is 5.69 Å². The molecule has 0 spiro atoms. The van der Waals surface area contributed by atoms with Gasteiger partial charge < -0.3 is 10.0 Å². The summed E-state index contributed by atoms with van der Waals surface area (Å²) >= 11 is 0. The number of nitrogens with zero attached hydrogens (tertiary/aromatic N) is 4. The molecule has 2 aromatic rings. The molecular formula is C18H22N4O2. The molecule has 1 amide bonds. The first kappa shape index (κ1) is 15.3. The summed E-state index contributed by atoms with van der Waals surface area (Å²) in [5.74, 6) is 1.83. The number of likely N-dealkylation sites (tertiary alicyclic amines) is 1. The van der Waals surface area contributed by atoms with Crippen LogP contribution in [0.5, 0.6) is 0 Å². The minimum atomic E-state index is -0.0945. The van der Waals surface area contributed by atoms with Crippen LogP contribution in [0.2, 0.25) is 0 Å². The zero-order chi connectivity index (χ0) is 16.5. The van der Waals surface area contributed by atoms with Gasteiger partial charge in [-0.1, -0.05) is 18.2 Å². The smallest absolute Gasteiger partial charge is 0.293 e. The minimum Gasteiger partial charge on any atom is -0.396 e. The quantitative estimate of drug-likeness (QED) is 0.933. The Labute approximate surface area is 141 Å². The number of para-hydroxylation sites is 1. The van der Waals surface area contributed by atoms with E-state index in [2.05, 4.69) is 10.1 Å². The number of rotatable bonds is 4. The van der Waals surface area contributed by atoms with E-state index in [1.54, 1.807) is 0 Å². The second-order valence-corrected chi connectivity index (χ2v) is 6.73. The Kier molecular flexibility index (Phi) is 4.06. The maximum atomic E-state index is 12.8. The Hall–Kier alpha value is -2.21. The number of carbonyl (C=O) groups is 1. The number of piperidine rings is 1. The molecule has 24 heavy (non-hydrogen) atoms. The monoisotopic (exact) mass is 326 g/mol. The molecule has 1 N–H and O–H groups in total. The topological polar surface area (TPSA) is 71.2 Å². The number of aliphatic hydroxyl groups excluding tert-OH is 1. The zero-order valence-electron chi connectivity index (χ0n) is 13.6. The van der Waals surface area contributed by atoms with E-state index in [0.717, 1.165) is 37.2 Å². The van der Waals surface area contributed by atoms with Gasteiger partial charge in [0, 0.05) is 25.6 Å². The van der Waals surface area contributed by atoms with Crippen LogP contribution in [-0.2, 0) is 0 Å². The lowest BCUT2D eigenvalue weighted by Gasteiger charge is -2.30. The Morgan fingerprint density at radius 1 is 1.12 bits per heavy atom. The van der Waals surface area contributed by atoms with E-state index < -0.39 is 0 Å². The average molecular weight is 326 g/mol. The number of hydrogen-bond acceptors (Lipinski definition) is 4. The molecule has 1 aromatic carbocycles. The summed E-state index contributed by atoms with van der Waals surface area (Å²) in [6.45, 7) is 1.54. The third-order valence-corrected chi connectivity index (χ3v) is 4.93. The van der Waals surface area contributed by atoms with E-state index in [9.17, 15) is 9.90 Å². The molecule has 0 radical (unpaired) electrons. The molecule has 1 saturated carbocycles. The summed E-state index contributed by atoms with van der Waals surface area (Å²) in [4.78, 5) is 19.1. The third-order valence-electron chi connectivity index (χ3n) is 4.93. The number of aliphatic hydroxyl groups is 1. The predicted octanol–water partition coefficient (Wildman–Crippen LogP) is 1.99. The molecule has 2 heterocycles.